The van der Waals surface area contributed by atoms with Crippen molar-refractivity contribution in [2.24, 2.45) is 0 Å². The number of nitrogens with zero attached hydrogens (tertiary/aromatic N) is 2. The molecule has 0 radical (unpaired) electrons. The molecular weight excluding hydrogens is 418 g/mol. The molecule has 5 rings (SSSR count). The van der Waals surface area contributed by atoms with Gasteiger partial charge in [0.05, 0.1) is 17.4 Å². The zero-order valence-electron chi connectivity index (χ0n) is 19.1. The van der Waals surface area contributed by atoms with E-state index in [1.165, 1.54) is 28.0 Å². The fraction of sp³-hybridized carbons (Fsp3) is 0.385. The van der Waals surface area contributed by atoms with Gasteiger partial charge >= 0.3 is 0 Å². The number of rotatable bonds is 4. The summed E-state index contributed by atoms with van der Waals surface area (Å²) < 4.78 is 0. The first-order chi connectivity index (χ1) is 15.5. The van der Waals surface area contributed by atoms with E-state index < -0.39 is 0 Å². The Morgan fingerprint density at radius 1 is 1.12 bits per heavy atom. The van der Waals surface area contributed by atoms with Gasteiger partial charge in [0.2, 0.25) is 0 Å². The van der Waals surface area contributed by atoms with Gasteiger partial charge in [0.1, 0.15) is 0 Å². The third-order valence-corrected chi connectivity index (χ3v) is 7.07. The van der Waals surface area contributed by atoms with Crippen molar-refractivity contribution in [3.63, 3.8) is 0 Å². The third-order valence-electron chi connectivity index (χ3n) is 6.83. The van der Waals surface area contributed by atoms with Gasteiger partial charge in [-0.3, -0.25) is 9.91 Å². The number of hydrazine groups is 2. The van der Waals surface area contributed by atoms with Crippen LogP contribution in [0.25, 0.3) is 11.3 Å². The molecule has 3 heterocycles. The van der Waals surface area contributed by atoms with Crippen LogP contribution in [0, 0.1) is 0 Å². The second-order valence-electron chi connectivity index (χ2n) is 9.23. The van der Waals surface area contributed by atoms with Crippen LogP contribution in [0.4, 0.5) is 5.69 Å². The summed E-state index contributed by atoms with van der Waals surface area (Å²) in [6.45, 7) is 9.75. The van der Waals surface area contributed by atoms with Gasteiger partial charge in [-0.1, -0.05) is 35.9 Å². The Bertz CT molecular complexity index is 1070. The summed E-state index contributed by atoms with van der Waals surface area (Å²) in [5.74, 6) is 0. The van der Waals surface area contributed by atoms with Crippen LogP contribution in [0.5, 0.6) is 0 Å². The molecule has 0 aromatic heterocycles. The number of halogens is 1. The highest BCUT2D eigenvalue weighted by molar-refractivity contribution is 6.30. The van der Waals surface area contributed by atoms with Crippen molar-refractivity contribution in [2.45, 2.75) is 45.7 Å². The quantitative estimate of drug-likeness (QED) is 0.582. The Balaban J connectivity index is 1.53. The number of hydrogen-bond acceptors (Lipinski definition) is 5. The summed E-state index contributed by atoms with van der Waals surface area (Å²) in [6, 6.07) is 15.8. The molecule has 0 spiro atoms. The van der Waals surface area contributed by atoms with Crippen LogP contribution in [0.1, 0.15) is 56.3 Å². The van der Waals surface area contributed by atoms with Gasteiger partial charge < -0.3 is 10.7 Å². The molecule has 1 atom stereocenters. The van der Waals surface area contributed by atoms with Crippen molar-refractivity contribution in [1.29, 1.82) is 0 Å². The maximum atomic E-state index is 6.27. The lowest BCUT2D eigenvalue weighted by Gasteiger charge is -2.30. The van der Waals surface area contributed by atoms with E-state index in [1.807, 2.05) is 18.2 Å². The Morgan fingerprint density at radius 2 is 2.00 bits per heavy atom. The Kier molecular flexibility index (Phi) is 5.89. The SMILES string of the molecule is CC1=C2c3ccc(C4=CCN(C(C)C)CC4)cc3C(Nc3cccc(Cl)c3)CCN2NN1. The van der Waals surface area contributed by atoms with Crippen LogP contribution >= 0.6 is 11.6 Å². The number of anilines is 1. The summed E-state index contributed by atoms with van der Waals surface area (Å²) >= 11 is 6.27. The number of fused-ring (bicyclic) bond motifs is 3. The van der Waals surface area contributed by atoms with E-state index in [4.69, 9.17) is 11.6 Å². The van der Waals surface area contributed by atoms with E-state index in [0.717, 1.165) is 48.9 Å². The average Bonchev–Trinajstić information content (AvgIpc) is 3.08. The second-order valence-corrected chi connectivity index (χ2v) is 9.66. The van der Waals surface area contributed by atoms with Gasteiger partial charge in [-0.05, 0) is 74.6 Å². The van der Waals surface area contributed by atoms with Gasteiger partial charge in [-0.25, -0.2) is 0 Å². The van der Waals surface area contributed by atoms with Crippen molar-refractivity contribution in [1.82, 2.24) is 20.9 Å². The molecule has 5 nitrogen and oxygen atoms in total. The molecule has 3 aliphatic heterocycles. The predicted molar refractivity (Wildman–Crippen MR) is 134 cm³/mol. The van der Waals surface area contributed by atoms with Crippen molar-refractivity contribution in [2.75, 3.05) is 25.0 Å². The second kappa shape index (κ2) is 8.81. The monoisotopic (exact) mass is 449 g/mol. The highest BCUT2D eigenvalue weighted by atomic mass is 35.5. The average molecular weight is 450 g/mol. The van der Waals surface area contributed by atoms with Crippen LogP contribution in [0.15, 0.2) is 54.2 Å². The minimum absolute atomic E-state index is 0.201. The van der Waals surface area contributed by atoms with Crippen LogP contribution < -0.4 is 16.3 Å². The maximum absolute atomic E-state index is 6.27. The molecule has 0 bridgehead atoms. The number of hydrogen-bond donors (Lipinski definition) is 3. The highest BCUT2D eigenvalue weighted by Gasteiger charge is 2.30. The number of nitrogens with one attached hydrogen (secondary N) is 3. The van der Waals surface area contributed by atoms with E-state index in [1.54, 1.807) is 0 Å². The molecule has 1 unspecified atom stereocenters. The first-order valence-corrected chi connectivity index (χ1v) is 12.0. The van der Waals surface area contributed by atoms with Gasteiger partial charge in [-0.15, -0.1) is 5.53 Å². The molecule has 168 valence electrons. The summed E-state index contributed by atoms with van der Waals surface area (Å²) in [5, 5.41) is 6.75. The molecule has 32 heavy (non-hydrogen) atoms. The number of allylic oxidation sites excluding steroid dienone is 1. The minimum atomic E-state index is 0.201. The fourth-order valence-corrected chi connectivity index (χ4v) is 5.20. The van der Waals surface area contributed by atoms with Crippen LogP contribution in [-0.2, 0) is 0 Å². The number of benzene rings is 2. The summed E-state index contributed by atoms with van der Waals surface area (Å²) in [5.41, 5.74) is 15.5. The van der Waals surface area contributed by atoms with E-state index in [0.29, 0.717) is 6.04 Å². The smallest absolute Gasteiger partial charge is 0.0814 e. The minimum Gasteiger partial charge on any atom is -0.378 e. The van der Waals surface area contributed by atoms with E-state index in [9.17, 15) is 0 Å². The molecule has 0 aliphatic carbocycles. The van der Waals surface area contributed by atoms with E-state index >= 15 is 0 Å². The molecule has 6 heteroatoms. The first kappa shape index (κ1) is 21.4. The van der Waals surface area contributed by atoms with Gasteiger partial charge in [0, 0.05) is 41.9 Å². The standard InChI is InChI=1S/C26H32ClN5/c1-17(2)31-12-9-19(10-13-31)20-7-8-23-24(15-20)25(28-22-6-4-5-21(27)16-22)11-14-32-26(23)18(3)29-30-32/h4-9,15-17,25,28-30H,10-14H2,1-3H3. The van der Waals surface area contributed by atoms with Gasteiger partial charge in [0.25, 0.3) is 0 Å². The lowest BCUT2D eigenvalue weighted by Crippen LogP contribution is -2.37. The summed E-state index contributed by atoms with van der Waals surface area (Å²) in [7, 11) is 0. The summed E-state index contributed by atoms with van der Waals surface area (Å²) in [4.78, 5) is 2.53. The normalized spacial score (nSPS) is 21.1. The first-order valence-electron chi connectivity index (χ1n) is 11.6. The summed E-state index contributed by atoms with van der Waals surface area (Å²) in [6.07, 6.45) is 4.49. The molecule has 0 amide bonds. The highest BCUT2D eigenvalue weighted by Crippen LogP contribution is 2.39. The van der Waals surface area contributed by atoms with Crippen molar-refractivity contribution in [3.8, 4) is 0 Å². The molecule has 0 saturated carbocycles. The molecule has 2 aromatic rings. The topological polar surface area (TPSA) is 42.6 Å². The molecule has 3 N–H and O–H groups in total. The molecule has 0 fully saturated rings. The van der Waals surface area contributed by atoms with Gasteiger partial charge in [0.15, 0.2) is 0 Å². The van der Waals surface area contributed by atoms with Crippen molar-refractivity contribution in [3.05, 3.63) is 76.0 Å². The molecule has 0 saturated heterocycles. The lowest BCUT2D eigenvalue weighted by molar-refractivity contribution is 0.245. The molecule has 2 aromatic carbocycles. The molecule has 3 aliphatic rings. The van der Waals surface area contributed by atoms with Crippen LogP contribution in [0.3, 0.4) is 0 Å². The Labute approximate surface area is 196 Å². The van der Waals surface area contributed by atoms with Gasteiger partial charge in [-0.2, -0.15) is 0 Å². The maximum Gasteiger partial charge on any atom is 0.0814 e. The lowest BCUT2D eigenvalue weighted by atomic mass is 9.90. The Hall–Kier alpha value is -2.47. The van der Waals surface area contributed by atoms with E-state index in [-0.39, 0.29) is 6.04 Å². The predicted octanol–water partition coefficient (Wildman–Crippen LogP) is 5.41. The zero-order chi connectivity index (χ0) is 22.2. The van der Waals surface area contributed by atoms with E-state index in [2.05, 4.69) is 77.3 Å². The van der Waals surface area contributed by atoms with Crippen molar-refractivity contribution >= 4 is 28.6 Å². The van der Waals surface area contributed by atoms with Crippen LogP contribution in [-0.4, -0.2) is 35.6 Å². The van der Waals surface area contributed by atoms with Crippen molar-refractivity contribution < 1.29 is 0 Å². The third kappa shape index (κ3) is 4.13. The fourth-order valence-electron chi connectivity index (χ4n) is 5.01. The largest absolute Gasteiger partial charge is 0.378 e. The Morgan fingerprint density at radius 3 is 2.75 bits per heavy atom. The molecular formula is C26H32ClN5. The van der Waals surface area contributed by atoms with Crippen LogP contribution in [0.2, 0.25) is 5.02 Å². The zero-order valence-corrected chi connectivity index (χ0v) is 19.8.